The molecule has 4 nitrogen and oxygen atoms in total. The summed E-state index contributed by atoms with van der Waals surface area (Å²) in [5.74, 6) is -1.22. The summed E-state index contributed by atoms with van der Waals surface area (Å²) in [5.41, 5.74) is 0.490. The fraction of sp³-hybridized carbons (Fsp3) is 0.333. The largest absolute Gasteiger partial charge is 0.480 e. The molecule has 18 heavy (non-hydrogen) atoms. The molecule has 6 heteroatoms. The predicted molar refractivity (Wildman–Crippen MR) is 73.5 cm³/mol. The second-order valence-electron chi connectivity index (χ2n) is 4.22. The fourth-order valence-electron chi connectivity index (χ4n) is 1.74. The Morgan fingerprint density at radius 3 is 2.22 bits per heavy atom. The van der Waals surface area contributed by atoms with E-state index in [-0.39, 0.29) is 18.5 Å². The van der Waals surface area contributed by atoms with E-state index in [2.05, 4.69) is 31.9 Å². The molecule has 0 unspecified atom stereocenters. The SMILES string of the molecule is O=C(O)CN(C(=O)c1cc(Br)cc(Br)c1)C1CC1. The van der Waals surface area contributed by atoms with Crippen LogP contribution in [0.5, 0.6) is 0 Å². The van der Waals surface area contributed by atoms with Crippen molar-refractivity contribution in [1.29, 1.82) is 0 Å². The van der Waals surface area contributed by atoms with Crippen molar-refractivity contribution in [2.75, 3.05) is 6.54 Å². The van der Waals surface area contributed by atoms with Gasteiger partial charge in [-0.05, 0) is 31.0 Å². The second kappa shape index (κ2) is 5.40. The average Bonchev–Trinajstić information content (AvgIpc) is 3.07. The Hall–Kier alpha value is -0.880. The van der Waals surface area contributed by atoms with E-state index in [4.69, 9.17) is 5.11 Å². The number of carbonyl (C=O) groups excluding carboxylic acids is 1. The molecule has 0 atom stereocenters. The highest BCUT2D eigenvalue weighted by Gasteiger charge is 2.34. The Labute approximate surface area is 121 Å². The lowest BCUT2D eigenvalue weighted by Gasteiger charge is -2.20. The number of nitrogens with zero attached hydrogens (tertiary/aromatic N) is 1. The van der Waals surface area contributed by atoms with Crippen LogP contribution in [0.4, 0.5) is 0 Å². The number of halogens is 2. The molecule has 1 amide bonds. The lowest BCUT2D eigenvalue weighted by atomic mass is 10.2. The van der Waals surface area contributed by atoms with E-state index in [1.54, 1.807) is 12.1 Å². The highest BCUT2D eigenvalue weighted by Crippen LogP contribution is 2.29. The summed E-state index contributed by atoms with van der Waals surface area (Å²) in [4.78, 5) is 24.5. The second-order valence-corrected chi connectivity index (χ2v) is 6.05. The number of carbonyl (C=O) groups is 2. The zero-order valence-electron chi connectivity index (χ0n) is 9.40. The van der Waals surface area contributed by atoms with E-state index in [9.17, 15) is 9.59 Å². The van der Waals surface area contributed by atoms with Crippen molar-refractivity contribution in [3.8, 4) is 0 Å². The highest BCUT2D eigenvalue weighted by atomic mass is 79.9. The number of hydrogen-bond acceptors (Lipinski definition) is 2. The summed E-state index contributed by atoms with van der Waals surface area (Å²) in [6, 6.07) is 5.30. The van der Waals surface area contributed by atoms with Gasteiger partial charge in [0.25, 0.3) is 5.91 Å². The minimum absolute atomic E-state index is 0.0753. The third-order valence-corrected chi connectivity index (χ3v) is 3.58. The standard InChI is InChI=1S/C12H11Br2NO3/c13-8-3-7(4-9(14)5-8)12(18)15(6-11(16)17)10-1-2-10/h3-5,10H,1-2,6H2,(H,16,17). The Kier molecular flexibility index (Phi) is 4.07. The lowest BCUT2D eigenvalue weighted by Crippen LogP contribution is -2.37. The van der Waals surface area contributed by atoms with Gasteiger partial charge in [-0.3, -0.25) is 9.59 Å². The van der Waals surface area contributed by atoms with Crippen LogP contribution in [0.2, 0.25) is 0 Å². The summed E-state index contributed by atoms with van der Waals surface area (Å²) >= 11 is 6.63. The van der Waals surface area contributed by atoms with Crippen molar-refractivity contribution in [3.63, 3.8) is 0 Å². The summed E-state index contributed by atoms with van der Waals surface area (Å²) < 4.78 is 1.57. The lowest BCUT2D eigenvalue weighted by molar-refractivity contribution is -0.137. The van der Waals surface area contributed by atoms with Crippen molar-refractivity contribution in [2.24, 2.45) is 0 Å². The molecule has 0 saturated heterocycles. The Morgan fingerprint density at radius 1 is 1.22 bits per heavy atom. The Balaban J connectivity index is 2.24. The molecule has 1 saturated carbocycles. The minimum Gasteiger partial charge on any atom is -0.480 e. The van der Waals surface area contributed by atoms with Crippen molar-refractivity contribution in [3.05, 3.63) is 32.7 Å². The van der Waals surface area contributed by atoms with E-state index in [0.717, 1.165) is 21.8 Å². The number of rotatable bonds is 4. The van der Waals surface area contributed by atoms with Gasteiger partial charge in [-0.2, -0.15) is 0 Å². The first-order chi connectivity index (χ1) is 8.47. The highest BCUT2D eigenvalue weighted by molar-refractivity contribution is 9.11. The van der Waals surface area contributed by atoms with Gasteiger partial charge in [0, 0.05) is 20.6 Å². The zero-order chi connectivity index (χ0) is 13.3. The van der Waals surface area contributed by atoms with Gasteiger partial charge in [-0.1, -0.05) is 31.9 Å². The van der Waals surface area contributed by atoms with Gasteiger partial charge in [0.1, 0.15) is 6.54 Å². The molecule has 2 rings (SSSR count). The molecule has 1 aromatic rings. The molecule has 0 aromatic heterocycles. The van der Waals surface area contributed by atoms with Gasteiger partial charge in [0.05, 0.1) is 0 Å². The van der Waals surface area contributed by atoms with Crippen LogP contribution in [0, 0.1) is 0 Å². The van der Waals surface area contributed by atoms with Crippen LogP contribution in [0.15, 0.2) is 27.1 Å². The first-order valence-corrected chi connectivity index (χ1v) is 7.05. The van der Waals surface area contributed by atoms with Crippen LogP contribution < -0.4 is 0 Å². The van der Waals surface area contributed by atoms with Crippen LogP contribution in [-0.4, -0.2) is 34.5 Å². The summed E-state index contributed by atoms with van der Waals surface area (Å²) in [6.07, 6.45) is 1.77. The molecule has 0 heterocycles. The van der Waals surface area contributed by atoms with Crippen molar-refractivity contribution in [2.45, 2.75) is 18.9 Å². The van der Waals surface area contributed by atoms with Crippen molar-refractivity contribution >= 4 is 43.7 Å². The Morgan fingerprint density at radius 2 is 1.78 bits per heavy atom. The van der Waals surface area contributed by atoms with Crippen LogP contribution >= 0.6 is 31.9 Å². The zero-order valence-corrected chi connectivity index (χ0v) is 12.6. The first kappa shape index (κ1) is 13.5. The van der Waals surface area contributed by atoms with Crippen molar-refractivity contribution < 1.29 is 14.7 Å². The minimum atomic E-state index is -0.982. The molecular weight excluding hydrogens is 366 g/mol. The smallest absolute Gasteiger partial charge is 0.323 e. The van der Waals surface area contributed by atoms with Gasteiger partial charge >= 0.3 is 5.97 Å². The molecule has 1 fully saturated rings. The molecule has 0 bridgehead atoms. The van der Waals surface area contributed by atoms with E-state index in [1.165, 1.54) is 4.90 Å². The quantitative estimate of drug-likeness (QED) is 0.878. The number of carboxylic acids is 1. The van der Waals surface area contributed by atoms with Gasteiger partial charge in [-0.15, -0.1) is 0 Å². The maximum Gasteiger partial charge on any atom is 0.323 e. The van der Waals surface area contributed by atoms with E-state index < -0.39 is 5.97 Å². The number of amides is 1. The van der Waals surface area contributed by atoms with Crippen molar-refractivity contribution in [1.82, 2.24) is 4.90 Å². The molecule has 0 spiro atoms. The molecule has 1 aliphatic carbocycles. The summed E-state index contributed by atoms with van der Waals surface area (Å²) in [6.45, 7) is -0.242. The average molecular weight is 377 g/mol. The molecule has 1 aromatic carbocycles. The molecular formula is C12H11Br2NO3. The van der Waals surface area contributed by atoms with Crippen LogP contribution in [-0.2, 0) is 4.79 Å². The number of carboxylic acid groups (broad SMARTS) is 1. The van der Waals surface area contributed by atoms with Crippen LogP contribution in [0.3, 0.4) is 0 Å². The normalized spacial score (nSPS) is 14.3. The molecule has 1 N–H and O–H groups in total. The molecule has 0 aliphatic heterocycles. The third kappa shape index (κ3) is 3.32. The number of benzene rings is 1. The number of hydrogen-bond donors (Lipinski definition) is 1. The maximum absolute atomic E-state index is 12.3. The van der Waals surface area contributed by atoms with Gasteiger partial charge in [0.15, 0.2) is 0 Å². The van der Waals surface area contributed by atoms with E-state index in [0.29, 0.717) is 5.56 Å². The van der Waals surface area contributed by atoms with Gasteiger partial charge in [-0.25, -0.2) is 0 Å². The van der Waals surface area contributed by atoms with Crippen LogP contribution in [0.25, 0.3) is 0 Å². The van der Waals surface area contributed by atoms with E-state index >= 15 is 0 Å². The Bertz CT molecular complexity index is 480. The summed E-state index contributed by atoms with van der Waals surface area (Å²) in [5, 5.41) is 8.85. The third-order valence-electron chi connectivity index (χ3n) is 2.66. The fourth-order valence-corrected chi connectivity index (χ4v) is 3.04. The first-order valence-electron chi connectivity index (χ1n) is 5.46. The topological polar surface area (TPSA) is 57.6 Å². The van der Waals surface area contributed by atoms with E-state index in [1.807, 2.05) is 6.07 Å². The molecule has 96 valence electrons. The monoisotopic (exact) mass is 375 g/mol. The molecule has 0 radical (unpaired) electrons. The molecule has 1 aliphatic rings. The van der Waals surface area contributed by atoms with Crippen LogP contribution in [0.1, 0.15) is 23.2 Å². The summed E-state index contributed by atoms with van der Waals surface area (Å²) in [7, 11) is 0. The van der Waals surface area contributed by atoms with Gasteiger partial charge in [0.2, 0.25) is 0 Å². The predicted octanol–water partition coefficient (Wildman–Crippen LogP) is 2.90. The van der Waals surface area contributed by atoms with Gasteiger partial charge < -0.3 is 10.0 Å². The number of aliphatic carboxylic acids is 1. The maximum atomic E-state index is 12.3.